The van der Waals surface area contributed by atoms with Gasteiger partial charge in [0.05, 0.1) is 13.1 Å². The zero-order valence-corrected chi connectivity index (χ0v) is 31.5. The van der Waals surface area contributed by atoms with Gasteiger partial charge in [0, 0.05) is 45.2 Å². The van der Waals surface area contributed by atoms with Crippen LogP contribution in [0.5, 0.6) is 11.5 Å². The molecule has 0 fully saturated rings. The van der Waals surface area contributed by atoms with Crippen molar-refractivity contribution in [2.45, 2.75) is 92.1 Å². The summed E-state index contributed by atoms with van der Waals surface area (Å²) in [4.78, 5) is 31.7. The third kappa shape index (κ3) is 13.0. The Bertz CT molecular complexity index is 1900. The van der Waals surface area contributed by atoms with Gasteiger partial charge in [-0.15, -0.1) is 0 Å². The molecule has 14 nitrogen and oxygen atoms in total. The first-order chi connectivity index (χ1) is 25.7. The molecule has 14 heteroatoms. The Morgan fingerprint density at radius 3 is 1.30 bits per heavy atom. The van der Waals surface area contributed by atoms with Crippen molar-refractivity contribution in [3.8, 4) is 22.6 Å². The van der Waals surface area contributed by atoms with E-state index in [1.807, 2.05) is 84.9 Å². The van der Waals surface area contributed by atoms with E-state index in [9.17, 15) is 20.7 Å². The standard InChI is InChI=1S/C40H46N8O6/c1-39(2,3)53-37(49)43-21-31-17-29(18-32(22-44-38(50)54-40(4,5)6)35(31)51-25-27-13-9-7-10-14-27)30-19-33(23-45-47-41)36(34(20-30)24-46-48-42)52-26-28-15-11-8-12-16-28/h7-20H,21-26H2,1-6H3,(H,43,49)(H,44,50). The van der Waals surface area contributed by atoms with Crippen LogP contribution in [-0.2, 0) is 48.9 Å². The predicted molar refractivity (Wildman–Crippen MR) is 205 cm³/mol. The molecule has 0 radical (unpaired) electrons. The van der Waals surface area contributed by atoms with Gasteiger partial charge in [0.1, 0.15) is 35.9 Å². The van der Waals surface area contributed by atoms with Crippen molar-refractivity contribution in [1.29, 1.82) is 0 Å². The molecular formula is C40H46N8O6. The highest BCUT2D eigenvalue weighted by Crippen LogP contribution is 2.37. The van der Waals surface area contributed by atoms with E-state index in [0.29, 0.717) is 44.9 Å². The number of benzene rings is 4. The first kappa shape index (κ1) is 40.4. The number of hydrogen-bond donors (Lipinski definition) is 2. The quantitative estimate of drug-likeness (QED) is 0.0693. The van der Waals surface area contributed by atoms with Crippen molar-refractivity contribution in [3.63, 3.8) is 0 Å². The maximum Gasteiger partial charge on any atom is 0.407 e. The molecule has 4 rings (SSSR count). The van der Waals surface area contributed by atoms with Gasteiger partial charge in [-0.3, -0.25) is 0 Å². The minimum Gasteiger partial charge on any atom is -0.488 e. The number of hydrogen-bond acceptors (Lipinski definition) is 8. The van der Waals surface area contributed by atoms with Gasteiger partial charge in [0.25, 0.3) is 0 Å². The lowest BCUT2D eigenvalue weighted by Crippen LogP contribution is -2.33. The molecule has 0 saturated heterocycles. The molecule has 2 amide bonds. The van der Waals surface area contributed by atoms with E-state index < -0.39 is 23.4 Å². The number of nitrogens with one attached hydrogen (secondary N) is 2. The average molecular weight is 735 g/mol. The van der Waals surface area contributed by atoms with E-state index in [1.54, 1.807) is 41.5 Å². The number of ether oxygens (including phenoxy) is 4. The summed E-state index contributed by atoms with van der Waals surface area (Å²) >= 11 is 0. The summed E-state index contributed by atoms with van der Waals surface area (Å²) in [5, 5.41) is 13.3. The van der Waals surface area contributed by atoms with Crippen LogP contribution >= 0.6 is 0 Å². The lowest BCUT2D eigenvalue weighted by atomic mass is 9.94. The smallest absolute Gasteiger partial charge is 0.407 e. The predicted octanol–water partition coefficient (Wildman–Crippen LogP) is 10.2. The van der Waals surface area contributed by atoms with E-state index in [-0.39, 0.29) is 39.4 Å². The van der Waals surface area contributed by atoms with Crippen molar-refractivity contribution in [2.75, 3.05) is 0 Å². The van der Waals surface area contributed by atoms with Crippen LogP contribution in [0.25, 0.3) is 32.0 Å². The topological polar surface area (TPSA) is 193 Å². The van der Waals surface area contributed by atoms with E-state index >= 15 is 0 Å². The highest BCUT2D eigenvalue weighted by Gasteiger charge is 2.22. The Balaban J connectivity index is 1.87. The molecule has 4 aromatic rings. The van der Waals surface area contributed by atoms with Crippen LogP contribution in [0, 0.1) is 0 Å². The molecule has 0 saturated carbocycles. The average Bonchev–Trinajstić information content (AvgIpc) is 3.12. The van der Waals surface area contributed by atoms with Crippen molar-refractivity contribution in [2.24, 2.45) is 10.2 Å². The summed E-state index contributed by atoms with van der Waals surface area (Å²) < 4.78 is 23.8. The fourth-order valence-corrected chi connectivity index (χ4v) is 5.35. The molecular weight excluding hydrogens is 688 g/mol. The summed E-state index contributed by atoms with van der Waals surface area (Å²) in [5.41, 5.74) is 22.5. The third-order valence-electron chi connectivity index (χ3n) is 7.52. The Labute approximate surface area is 315 Å². The normalized spacial score (nSPS) is 11.0. The number of carbonyl (C=O) groups excluding carboxylic acids is 2. The van der Waals surface area contributed by atoms with Gasteiger partial charge in [-0.1, -0.05) is 70.9 Å². The van der Waals surface area contributed by atoms with Crippen molar-refractivity contribution in [3.05, 3.63) is 139 Å². The molecule has 0 unspecified atom stereocenters. The zero-order chi connectivity index (χ0) is 39.1. The first-order valence-corrected chi connectivity index (χ1v) is 17.4. The summed E-state index contributed by atoms with van der Waals surface area (Å²) in [7, 11) is 0. The summed E-state index contributed by atoms with van der Waals surface area (Å²) in [6.07, 6.45) is -1.24. The molecule has 282 valence electrons. The molecule has 4 aromatic carbocycles. The molecule has 0 aliphatic carbocycles. The Kier molecular flexibility index (Phi) is 14.2. The van der Waals surface area contributed by atoms with Crippen LogP contribution in [-0.4, -0.2) is 23.4 Å². The maximum absolute atomic E-state index is 12.9. The summed E-state index contributed by atoms with van der Waals surface area (Å²) in [6, 6.07) is 26.6. The van der Waals surface area contributed by atoms with Crippen molar-refractivity contribution < 1.29 is 28.5 Å². The van der Waals surface area contributed by atoms with Gasteiger partial charge in [0.2, 0.25) is 0 Å². The second-order valence-electron chi connectivity index (χ2n) is 14.3. The number of carbonyl (C=O) groups is 2. The molecule has 0 aromatic heterocycles. The second kappa shape index (κ2) is 18.9. The van der Waals surface area contributed by atoms with Gasteiger partial charge in [-0.25, -0.2) is 9.59 Å². The number of amides is 2. The first-order valence-electron chi connectivity index (χ1n) is 17.4. The lowest BCUT2D eigenvalue weighted by molar-refractivity contribution is 0.0513. The van der Waals surface area contributed by atoms with Gasteiger partial charge < -0.3 is 29.6 Å². The van der Waals surface area contributed by atoms with Crippen LogP contribution in [0.15, 0.2) is 95.2 Å². The third-order valence-corrected chi connectivity index (χ3v) is 7.52. The number of nitrogens with zero attached hydrogens (tertiary/aromatic N) is 6. The number of alkyl carbamates (subject to hydrolysis) is 2. The zero-order valence-electron chi connectivity index (χ0n) is 31.5. The van der Waals surface area contributed by atoms with Gasteiger partial charge >= 0.3 is 12.2 Å². The van der Waals surface area contributed by atoms with Gasteiger partial charge in [-0.05, 0) is 99.1 Å². The van der Waals surface area contributed by atoms with Crippen LogP contribution in [0.2, 0.25) is 0 Å². The SMILES string of the molecule is CC(C)(C)OC(=O)NCc1cc(-c2cc(CN=[N+]=[N-])c(OCc3ccccc3)c(CN=[N+]=[N-])c2)cc(CNC(=O)OC(C)(C)C)c1OCc1ccccc1. The monoisotopic (exact) mass is 734 g/mol. The van der Waals surface area contributed by atoms with E-state index in [1.165, 1.54) is 0 Å². The van der Waals surface area contributed by atoms with Crippen LogP contribution in [0.3, 0.4) is 0 Å². The molecule has 0 aliphatic rings. The minimum atomic E-state index is -0.726. The van der Waals surface area contributed by atoms with E-state index in [2.05, 4.69) is 30.7 Å². The Morgan fingerprint density at radius 1 is 0.593 bits per heavy atom. The van der Waals surface area contributed by atoms with Crippen LogP contribution < -0.4 is 20.1 Å². The van der Waals surface area contributed by atoms with Crippen LogP contribution in [0.4, 0.5) is 9.59 Å². The van der Waals surface area contributed by atoms with Gasteiger partial charge in [-0.2, -0.15) is 0 Å². The summed E-state index contributed by atoms with van der Waals surface area (Å²) in [5.74, 6) is 0.880. The Hall–Kier alpha value is -6.36. The van der Waals surface area contributed by atoms with Crippen molar-refractivity contribution >= 4 is 12.2 Å². The maximum atomic E-state index is 12.9. The van der Waals surface area contributed by atoms with Gasteiger partial charge in [0.15, 0.2) is 0 Å². The number of azide groups is 2. The summed E-state index contributed by atoms with van der Waals surface area (Å²) in [6.45, 7) is 11.0. The molecule has 0 spiro atoms. The molecule has 0 atom stereocenters. The molecule has 0 heterocycles. The highest BCUT2D eigenvalue weighted by molar-refractivity contribution is 5.73. The fraction of sp³-hybridized carbons (Fsp3) is 0.350. The largest absolute Gasteiger partial charge is 0.488 e. The van der Waals surface area contributed by atoms with Crippen LogP contribution in [0.1, 0.15) is 74.9 Å². The highest BCUT2D eigenvalue weighted by atomic mass is 16.6. The van der Waals surface area contributed by atoms with Crippen molar-refractivity contribution in [1.82, 2.24) is 10.6 Å². The van der Waals surface area contributed by atoms with E-state index in [0.717, 1.165) is 11.1 Å². The van der Waals surface area contributed by atoms with E-state index in [4.69, 9.17) is 18.9 Å². The molecule has 2 N–H and O–H groups in total. The molecule has 0 bridgehead atoms. The minimum absolute atomic E-state index is 0.0156. The lowest BCUT2D eigenvalue weighted by Gasteiger charge is -2.23. The second-order valence-corrected chi connectivity index (χ2v) is 14.3. The molecule has 0 aliphatic heterocycles. The fourth-order valence-electron chi connectivity index (χ4n) is 5.35. The number of rotatable bonds is 15. The Morgan fingerprint density at radius 2 is 0.944 bits per heavy atom. The molecule has 54 heavy (non-hydrogen) atoms.